The fourth-order valence-electron chi connectivity index (χ4n) is 8.73. The van der Waals surface area contributed by atoms with Gasteiger partial charge in [0.05, 0.1) is 12.1 Å². The highest BCUT2D eigenvalue weighted by Gasteiger charge is 2.59. The third kappa shape index (κ3) is 13.3. The molecule has 3 amide bonds. The molecule has 18 nitrogen and oxygen atoms in total. The molecule has 0 bridgehead atoms. The van der Waals surface area contributed by atoms with Crippen molar-refractivity contribution < 1.29 is 52.4 Å². The Morgan fingerprint density at radius 2 is 1.05 bits per heavy atom. The number of anilines is 1. The third-order valence-electron chi connectivity index (χ3n) is 11.8. The summed E-state index contributed by atoms with van der Waals surface area (Å²) in [4.78, 5) is 85.3. The number of aromatic nitrogens is 3. The number of hydrogen-bond donors (Lipinski definition) is 4. The van der Waals surface area contributed by atoms with Crippen LogP contribution in [0.25, 0.3) is 11.0 Å². The summed E-state index contributed by atoms with van der Waals surface area (Å²) in [6, 6.07) is 23.2. The topological polar surface area (TPSA) is 236 Å². The van der Waals surface area contributed by atoms with Crippen molar-refractivity contribution in [1.29, 1.82) is 0 Å². The zero-order chi connectivity index (χ0) is 53.6. The van der Waals surface area contributed by atoms with Gasteiger partial charge in [0.2, 0.25) is 0 Å². The molecule has 392 valence electrons. The second-order valence-electron chi connectivity index (χ2n) is 21.8. The number of nitrogens with zero attached hydrogens (tertiary/aromatic N) is 3. The normalized spacial score (nSPS) is 18.2. The highest BCUT2D eigenvalue weighted by molar-refractivity contribution is 5.89. The highest BCUT2D eigenvalue weighted by Crippen LogP contribution is 2.47. The molecule has 2 aromatic heterocycles. The zero-order valence-electron chi connectivity index (χ0n) is 44.1. The zero-order valence-corrected chi connectivity index (χ0v) is 44.1. The number of nitrogen functional groups attached to an aromatic ring is 1. The van der Waals surface area contributed by atoms with E-state index in [-0.39, 0.29) is 16.9 Å². The number of carbonyl (C=O) groups is 5. The van der Waals surface area contributed by atoms with Crippen LogP contribution in [0.3, 0.4) is 0 Å². The molecule has 1 aliphatic heterocycles. The molecule has 0 unspecified atom stereocenters. The summed E-state index contributed by atoms with van der Waals surface area (Å²) in [5.41, 5.74) is 5.09. The summed E-state index contributed by atoms with van der Waals surface area (Å²) in [6.07, 6.45) is -3.06. The van der Waals surface area contributed by atoms with E-state index in [4.69, 9.17) is 34.2 Å². The lowest BCUT2D eigenvalue weighted by molar-refractivity contribution is -0.172. The van der Waals surface area contributed by atoms with Crippen LogP contribution in [0, 0.1) is 11.8 Å². The molecule has 6 rings (SSSR count). The molecule has 1 saturated heterocycles. The first-order valence-electron chi connectivity index (χ1n) is 24.5. The van der Waals surface area contributed by atoms with Gasteiger partial charge in [-0.25, -0.2) is 33.9 Å². The minimum Gasteiger partial charge on any atom is -0.454 e. The van der Waals surface area contributed by atoms with E-state index in [0.717, 1.165) is 16.7 Å². The number of ether oxygens (including phenoxy) is 6. The molecular weight excluding hydrogens is 935 g/mol. The van der Waals surface area contributed by atoms with Gasteiger partial charge in [0.25, 0.3) is 0 Å². The van der Waals surface area contributed by atoms with E-state index in [9.17, 15) is 14.4 Å². The van der Waals surface area contributed by atoms with Gasteiger partial charge in [-0.2, -0.15) is 0 Å². The van der Waals surface area contributed by atoms with Gasteiger partial charge in [-0.05, 0) is 90.8 Å². The molecule has 0 aliphatic carbocycles. The second-order valence-corrected chi connectivity index (χ2v) is 21.8. The van der Waals surface area contributed by atoms with Crippen molar-refractivity contribution in [1.82, 2.24) is 30.5 Å². The number of carbonyl (C=O) groups excluding carboxylic acids is 5. The van der Waals surface area contributed by atoms with Crippen molar-refractivity contribution in [3.05, 3.63) is 126 Å². The Hall–Kier alpha value is -7.21. The Morgan fingerprint density at radius 1 is 0.630 bits per heavy atom. The van der Waals surface area contributed by atoms with Crippen molar-refractivity contribution in [3.63, 3.8) is 0 Å². The van der Waals surface area contributed by atoms with Gasteiger partial charge >= 0.3 is 30.2 Å². The quantitative estimate of drug-likeness (QED) is 0.0435. The smallest absolute Gasteiger partial charge is 0.411 e. The Kier molecular flexibility index (Phi) is 16.8. The third-order valence-corrected chi connectivity index (χ3v) is 11.8. The van der Waals surface area contributed by atoms with E-state index in [1.807, 2.05) is 91.0 Å². The Labute approximate surface area is 427 Å². The molecule has 0 spiro atoms. The van der Waals surface area contributed by atoms with Gasteiger partial charge < -0.3 is 49.8 Å². The molecule has 3 aromatic carbocycles. The first-order chi connectivity index (χ1) is 34.2. The number of nitrogens with one attached hydrogen (secondary N) is 3. The average molecular weight is 1010 g/mol. The first kappa shape index (κ1) is 55.1. The van der Waals surface area contributed by atoms with Gasteiger partial charge in [-0.15, -0.1) is 0 Å². The SMILES string of the molecule is CC(C)[C@H](NC(=O)OC(C)(C)C)C(=O)O[C@@H]1[C@H](OC(=O)[C@@H](NC(=O)OC(C)(C)C)C(C)C)[C@@H](COC(c2ccccc2)(c2ccccc2)c2ccccc2)N(C(=O)OC(C)(C)C)[C@H]1c1c[nH]c2c(N)ncnc12. The van der Waals surface area contributed by atoms with Crippen LogP contribution in [0.2, 0.25) is 0 Å². The predicted octanol–water partition coefficient (Wildman–Crippen LogP) is 9.13. The van der Waals surface area contributed by atoms with Crippen molar-refractivity contribution >= 4 is 47.1 Å². The summed E-state index contributed by atoms with van der Waals surface area (Å²) in [5.74, 6) is -2.96. The molecule has 1 fully saturated rings. The van der Waals surface area contributed by atoms with Crippen LogP contribution in [-0.4, -0.2) is 104 Å². The Morgan fingerprint density at radius 3 is 1.47 bits per heavy atom. The van der Waals surface area contributed by atoms with E-state index in [1.165, 1.54) is 11.2 Å². The second kappa shape index (κ2) is 22.3. The standard InChI is InChI=1S/C55H71N7O11/c1-32(2)39(60-49(65)71-52(5,6)7)47(63)69-44-38(30-68-55(34-23-17-14-18-24-34,35-25-19-15-20-26-35)36-27-21-16-22-28-36)62(51(67)73-54(11,12)13)43(37-29-57-42-41(37)58-31-59-46(42)56)45(44)70-48(64)40(33(3)4)61-50(66)72-53(8,9)10/h14-29,31-33,38-40,43-45,57H,30H2,1-13H3,(H,60,65)(H,61,66)(H2,56,58,59)/t38-,39+,40+,43+,44-,45+/m1/s1. The minimum absolute atomic E-state index is 0.0854. The van der Waals surface area contributed by atoms with Gasteiger partial charge in [0, 0.05) is 11.8 Å². The monoisotopic (exact) mass is 1010 g/mol. The van der Waals surface area contributed by atoms with Crippen LogP contribution in [0.5, 0.6) is 0 Å². The van der Waals surface area contributed by atoms with Crippen molar-refractivity contribution in [3.8, 4) is 0 Å². The van der Waals surface area contributed by atoms with Crippen LogP contribution in [0.4, 0.5) is 20.2 Å². The lowest BCUT2D eigenvalue weighted by Gasteiger charge is -2.39. The number of benzene rings is 3. The molecule has 6 atom stereocenters. The number of likely N-dealkylation sites (tertiary alicyclic amines) is 1. The Balaban J connectivity index is 1.63. The van der Waals surface area contributed by atoms with Gasteiger partial charge in [-0.1, -0.05) is 119 Å². The summed E-state index contributed by atoms with van der Waals surface area (Å²) in [7, 11) is 0. The van der Waals surface area contributed by atoms with E-state index >= 15 is 9.59 Å². The number of aromatic amines is 1. The number of hydrogen-bond acceptors (Lipinski definition) is 14. The maximum Gasteiger partial charge on any atom is 0.411 e. The number of amides is 3. The average Bonchev–Trinajstić information content (AvgIpc) is 3.86. The Bertz CT molecular complexity index is 2600. The molecule has 73 heavy (non-hydrogen) atoms. The van der Waals surface area contributed by atoms with Crippen LogP contribution in [-0.2, 0) is 43.6 Å². The molecule has 18 heteroatoms. The van der Waals surface area contributed by atoms with Crippen LogP contribution >= 0.6 is 0 Å². The van der Waals surface area contributed by atoms with E-state index in [1.54, 1.807) is 96.2 Å². The van der Waals surface area contributed by atoms with Gasteiger partial charge in [-0.3, -0.25) is 4.90 Å². The highest BCUT2D eigenvalue weighted by atomic mass is 16.6. The largest absolute Gasteiger partial charge is 0.454 e. The molecule has 0 saturated carbocycles. The van der Waals surface area contributed by atoms with Gasteiger partial charge in [0.1, 0.15) is 58.4 Å². The molecule has 1 aliphatic rings. The van der Waals surface area contributed by atoms with E-state index < -0.39 is 107 Å². The molecule has 5 aromatic rings. The van der Waals surface area contributed by atoms with Crippen LogP contribution < -0.4 is 16.4 Å². The number of nitrogens with two attached hydrogens (primary N) is 1. The van der Waals surface area contributed by atoms with Crippen LogP contribution in [0.15, 0.2) is 104 Å². The van der Waals surface area contributed by atoms with Gasteiger partial charge in [0.15, 0.2) is 18.0 Å². The molecule has 0 radical (unpaired) electrons. The van der Waals surface area contributed by atoms with Crippen molar-refractivity contribution in [2.24, 2.45) is 11.8 Å². The van der Waals surface area contributed by atoms with Crippen LogP contribution in [0.1, 0.15) is 118 Å². The lowest BCUT2D eigenvalue weighted by atomic mass is 9.80. The summed E-state index contributed by atoms with van der Waals surface area (Å²) in [5, 5.41) is 5.33. The summed E-state index contributed by atoms with van der Waals surface area (Å²) >= 11 is 0. The number of rotatable bonds is 15. The van der Waals surface area contributed by atoms with E-state index in [0.29, 0.717) is 5.52 Å². The summed E-state index contributed by atoms with van der Waals surface area (Å²) < 4.78 is 38.0. The number of fused-ring (bicyclic) bond motifs is 1. The lowest BCUT2D eigenvalue weighted by Crippen LogP contribution is -2.53. The fourth-order valence-corrected chi connectivity index (χ4v) is 8.73. The van der Waals surface area contributed by atoms with E-state index in [2.05, 4.69) is 25.6 Å². The molecular formula is C55H71N7O11. The number of alkyl carbamates (subject to hydrolysis) is 2. The maximum absolute atomic E-state index is 15.4. The summed E-state index contributed by atoms with van der Waals surface area (Å²) in [6.45, 7) is 21.7. The number of esters is 2. The predicted molar refractivity (Wildman–Crippen MR) is 274 cm³/mol. The van der Waals surface area contributed by atoms with Crippen molar-refractivity contribution in [2.75, 3.05) is 12.3 Å². The minimum atomic E-state index is -1.61. The molecule has 3 heterocycles. The first-order valence-corrected chi connectivity index (χ1v) is 24.5. The fraction of sp³-hybridized carbons (Fsp3) is 0.473. The number of H-pyrrole nitrogens is 1. The van der Waals surface area contributed by atoms with Crippen molar-refractivity contribution in [2.45, 2.75) is 149 Å². The molecule has 5 N–H and O–H groups in total. The maximum atomic E-state index is 15.4.